The van der Waals surface area contributed by atoms with Gasteiger partial charge in [-0.3, -0.25) is 9.59 Å². The van der Waals surface area contributed by atoms with Gasteiger partial charge in [-0.1, -0.05) is 38.1 Å². The van der Waals surface area contributed by atoms with Crippen LogP contribution in [0.1, 0.15) is 45.1 Å². The molecule has 142 valence electrons. The Morgan fingerprint density at radius 3 is 2.22 bits per heavy atom. The molecule has 0 aromatic heterocycles. The minimum absolute atomic E-state index is 0.258. The van der Waals surface area contributed by atoms with Crippen molar-refractivity contribution in [3.8, 4) is 5.75 Å². The fraction of sp³-hybridized carbons (Fsp3) is 0.364. The summed E-state index contributed by atoms with van der Waals surface area (Å²) in [5.41, 5.74) is 1.50. The summed E-state index contributed by atoms with van der Waals surface area (Å²) in [5, 5.41) is 5.75. The Morgan fingerprint density at radius 1 is 1.00 bits per heavy atom. The first-order chi connectivity index (χ1) is 13.0. The fourth-order valence-electron chi connectivity index (χ4n) is 2.98. The number of benzene rings is 2. The molecule has 1 aliphatic rings. The summed E-state index contributed by atoms with van der Waals surface area (Å²) in [7, 11) is 0. The van der Waals surface area contributed by atoms with Gasteiger partial charge < -0.3 is 15.4 Å². The van der Waals surface area contributed by atoms with Crippen molar-refractivity contribution in [2.75, 3.05) is 17.2 Å². The molecule has 0 unspecified atom stereocenters. The zero-order valence-electron chi connectivity index (χ0n) is 16.0. The molecule has 1 saturated carbocycles. The van der Waals surface area contributed by atoms with Crippen molar-refractivity contribution in [3.05, 3.63) is 54.1 Å². The molecule has 5 heteroatoms. The third kappa shape index (κ3) is 4.13. The second-order valence-electron chi connectivity index (χ2n) is 7.20. The van der Waals surface area contributed by atoms with Gasteiger partial charge in [0.05, 0.1) is 12.3 Å². The molecule has 5 nitrogen and oxygen atoms in total. The van der Waals surface area contributed by atoms with Gasteiger partial charge in [-0.25, -0.2) is 0 Å². The average molecular weight is 366 g/mol. The number of carbonyl (C=O) groups is 2. The minimum atomic E-state index is -1.00. The van der Waals surface area contributed by atoms with Crippen LogP contribution in [0.4, 0.5) is 11.4 Å². The maximum atomic E-state index is 12.8. The Bertz CT molecular complexity index is 824. The van der Waals surface area contributed by atoms with Gasteiger partial charge in [-0.2, -0.15) is 0 Å². The summed E-state index contributed by atoms with van der Waals surface area (Å²) in [5.74, 6) is 0.492. The Hall–Kier alpha value is -2.82. The monoisotopic (exact) mass is 366 g/mol. The van der Waals surface area contributed by atoms with E-state index in [-0.39, 0.29) is 11.8 Å². The molecule has 1 fully saturated rings. The number of amides is 2. The number of ether oxygens (including phenoxy) is 1. The van der Waals surface area contributed by atoms with Crippen molar-refractivity contribution in [2.24, 2.45) is 5.41 Å². The van der Waals surface area contributed by atoms with E-state index in [4.69, 9.17) is 4.74 Å². The highest BCUT2D eigenvalue weighted by Gasteiger charge is 2.56. The van der Waals surface area contributed by atoms with E-state index >= 15 is 0 Å². The molecule has 2 aromatic rings. The maximum absolute atomic E-state index is 12.8. The van der Waals surface area contributed by atoms with Crippen LogP contribution in [0.5, 0.6) is 5.75 Å². The molecule has 1 aliphatic carbocycles. The Morgan fingerprint density at radius 2 is 1.63 bits per heavy atom. The van der Waals surface area contributed by atoms with Crippen molar-refractivity contribution in [2.45, 2.75) is 39.5 Å². The lowest BCUT2D eigenvalue weighted by Crippen LogP contribution is -2.35. The van der Waals surface area contributed by atoms with E-state index in [0.29, 0.717) is 42.5 Å². The van der Waals surface area contributed by atoms with Gasteiger partial charge in [0, 0.05) is 5.69 Å². The molecule has 2 amide bonds. The van der Waals surface area contributed by atoms with Gasteiger partial charge in [0.15, 0.2) is 0 Å². The second kappa shape index (κ2) is 7.82. The first-order valence-electron chi connectivity index (χ1n) is 9.41. The van der Waals surface area contributed by atoms with Gasteiger partial charge >= 0.3 is 0 Å². The van der Waals surface area contributed by atoms with Crippen LogP contribution in [0.3, 0.4) is 0 Å². The highest BCUT2D eigenvalue weighted by Crippen LogP contribution is 2.48. The number of nitrogens with one attached hydrogen (secondary N) is 2. The van der Waals surface area contributed by atoms with Crippen LogP contribution in [0.25, 0.3) is 0 Å². The van der Waals surface area contributed by atoms with Gasteiger partial charge in [0.1, 0.15) is 11.2 Å². The van der Waals surface area contributed by atoms with Crippen molar-refractivity contribution in [3.63, 3.8) is 0 Å². The number of carbonyl (C=O) groups excluding carboxylic acids is 2. The molecule has 2 aromatic carbocycles. The van der Waals surface area contributed by atoms with E-state index in [1.165, 1.54) is 5.56 Å². The summed E-state index contributed by atoms with van der Waals surface area (Å²) in [6.07, 6.45) is 1.09. The van der Waals surface area contributed by atoms with E-state index in [1.807, 2.05) is 43.3 Å². The second-order valence-corrected chi connectivity index (χ2v) is 7.20. The molecule has 2 N–H and O–H groups in total. The number of anilines is 2. The van der Waals surface area contributed by atoms with Gasteiger partial charge in [-0.15, -0.1) is 0 Å². The molecule has 0 aliphatic heterocycles. The molecule has 0 saturated heterocycles. The topological polar surface area (TPSA) is 67.4 Å². The highest BCUT2D eigenvalue weighted by molar-refractivity contribution is 6.17. The van der Waals surface area contributed by atoms with Gasteiger partial charge in [0.2, 0.25) is 11.8 Å². The highest BCUT2D eigenvalue weighted by atomic mass is 16.5. The largest absolute Gasteiger partial charge is 0.492 e. The summed E-state index contributed by atoms with van der Waals surface area (Å²) in [6, 6.07) is 15.0. The van der Waals surface area contributed by atoms with E-state index < -0.39 is 5.41 Å². The summed E-state index contributed by atoms with van der Waals surface area (Å²) < 4.78 is 5.54. The minimum Gasteiger partial charge on any atom is -0.492 e. The van der Waals surface area contributed by atoms with Crippen LogP contribution in [0, 0.1) is 5.41 Å². The molecule has 0 atom stereocenters. The normalized spacial score (nSPS) is 14.5. The van der Waals surface area contributed by atoms with E-state index in [2.05, 4.69) is 24.5 Å². The van der Waals surface area contributed by atoms with Crippen LogP contribution >= 0.6 is 0 Å². The predicted molar refractivity (Wildman–Crippen MR) is 107 cm³/mol. The van der Waals surface area contributed by atoms with Crippen LogP contribution in [0.2, 0.25) is 0 Å². The first-order valence-corrected chi connectivity index (χ1v) is 9.41. The lowest BCUT2D eigenvalue weighted by atomic mass is 10.0. The van der Waals surface area contributed by atoms with Crippen LogP contribution in [0.15, 0.2) is 48.5 Å². The van der Waals surface area contributed by atoms with Gasteiger partial charge in [0.25, 0.3) is 0 Å². The van der Waals surface area contributed by atoms with Crippen molar-refractivity contribution < 1.29 is 14.3 Å². The molecule has 3 rings (SSSR count). The lowest BCUT2D eigenvalue weighted by Gasteiger charge is -2.17. The molecule has 0 spiro atoms. The van der Waals surface area contributed by atoms with E-state index in [1.54, 1.807) is 12.1 Å². The molecule has 0 heterocycles. The van der Waals surface area contributed by atoms with E-state index in [0.717, 1.165) is 0 Å². The van der Waals surface area contributed by atoms with E-state index in [9.17, 15) is 9.59 Å². The number of hydrogen-bond donors (Lipinski definition) is 2. The van der Waals surface area contributed by atoms with Crippen LogP contribution < -0.4 is 15.4 Å². The number of rotatable bonds is 7. The fourth-order valence-corrected chi connectivity index (χ4v) is 2.98. The van der Waals surface area contributed by atoms with Crippen molar-refractivity contribution in [1.82, 2.24) is 0 Å². The number of para-hydroxylation sites is 2. The Balaban J connectivity index is 1.69. The zero-order chi connectivity index (χ0) is 19.4. The summed E-state index contributed by atoms with van der Waals surface area (Å²) in [6.45, 7) is 6.64. The third-order valence-corrected chi connectivity index (χ3v) is 4.89. The molecule has 27 heavy (non-hydrogen) atoms. The molecule has 0 bridgehead atoms. The van der Waals surface area contributed by atoms with Gasteiger partial charge in [-0.05, 0) is 55.5 Å². The smallest absolute Gasteiger partial charge is 0.240 e. The van der Waals surface area contributed by atoms with Crippen molar-refractivity contribution in [1.29, 1.82) is 0 Å². The van der Waals surface area contributed by atoms with Crippen LogP contribution in [-0.4, -0.2) is 18.4 Å². The summed E-state index contributed by atoms with van der Waals surface area (Å²) >= 11 is 0. The SMILES string of the molecule is CCOc1ccccc1NC(=O)C1(C(=O)Nc2ccc(C(C)C)cc2)CC1. The zero-order valence-corrected chi connectivity index (χ0v) is 16.0. The first kappa shape index (κ1) is 19.0. The maximum Gasteiger partial charge on any atom is 0.240 e. The molecular weight excluding hydrogens is 340 g/mol. The lowest BCUT2D eigenvalue weighted by molar-refractivity contribution is -0.131. The standard InChI is InChI=1S/C22H26N2O3/c1-4-27-19-8-6-5-7-18(19)24-21(26)22(13-14-22)20(25)23-17-11-9-16(10-12-17)15(2)3/h5-12,15H,4,13-14H2,1-3H3,(H,23,25)(H,24,26). The van der Waals surface area contributed by atoms with Crippen molar-refractivity contribution >= 4 is 23.2 Å². The number of hydrogen-bond acceptors (Lipinski definition) is 3. The molecular formula is C22H26N2O3. The predicted octanol–water partition coefficient (Wildman–Crippen LogP) is 4.57. The average Bonchev–Trinajstić information content (AvgIpc) is 3.46. The third-order valence-electron chi connectivity index (χ3n) is 4.89. The molecule has 0 radical (unpaired) electrons. The Kier molecular flexibility index (Phi) is 5.49. The quantitative estimate of drug-likeness (QED) is 0.706. The van der Waals surface area contributed by atoms with Crippen LogP contribution in [-0.2, 0) is 9.59 Å². The summed E-state index contributed by atoms with van der Waals surface area (Å²) in [4.78, 5) is 25.6. The Labute approximate surface area is 160 Å².